The molecule has 5 rings (SSSR count). The Bertz CT molecular complexity index is 1720. The molecule has 0 aliphatic heterocycles. The average Bonchev–Trinajstić information content (AvgIpc) is 3.45. The Kier molecular flexibility index (Phi) is 8.34. The first-order valence-electron chi connectivity index (χ1n) is 12.7. The van der Waals surface area contributed by atoms with Gasteiger partial charge in [-0.3, -0.25) is 4.79 Å². The summed E-state index contributed by atoms with van der Waals surface area (Å²) in [5.41, 5.74) is 3.98. The molecule has 1 amide bonds. The molecule has 1 heterocycles. The van der Waals surface area contributed by atoms with E-state index in [1.54, 1.807) is 42.5 Å². The topological polar surface area (TPSA) is 77.4 Å². The van der Waals surface area contributed by atoms with Gasteiger partial charge in [-0.05, 0) is 84.6 Å². The molecule has 0 fully saturated rings. The lowest BCUT2D eigenvalue weighted by atomic mass is 10.1. The van der Waals surface area contributed by atoms with Crippen molar-refractivity contribution in [3.63, 3.8) is 0 Å². The van der Waals surface area contributed by atoms with Crippen LogP contribution in [0.15, 0.2) is 126 Å². The molecule has 0 bridgehead atoms. The predicted octanol–water partition coefficient (Wildman–Crippen LogP) is 6.61. The van der Waals surface area contributed by atoms with Gasteiger partial charge in [0.05, 0.1) is 4.90 Å². The van der Waals surface area contributed by atoms with Gasteiger partial charge in [0.2, 0.25) is 0 Å². The highest BCUT2D eigenvalue weighted by molar-refractivity contribution is 7.90. The number of benzene rings is 4. The Hall–Kier alpha value is -4.33. The summed E-state index contributed by atoms with van der Waals surface area (Å²) in [7, 11) is -4.07. The van der Waals surface area contributed by atoms with Crippen molar-refractivity contribution in [3.05, 3.63) is 149 Å². The quantitative estimate of drug-likeness (QED) is 0.205. The molecule has 0 aliphatic carbocycles. The van der Waals surface area contributed by atoms with Crippen molar-refractivity contribution in [1.29, 1.82) is 0 Å². The number of ether oxygens (including phenoxy) is 1. The van der Waals surface area contributed by atoms with Gasteiger partial charge in [-0.15, -0.1) is 0 Å². The number of rotatable bonds is 10. The molecular formula is C32H27ClN2O4S. The number of nitrogens with one attached hydrogen (secondary N) is 1. The van der Waals surface area contributed by atoms with E-state index < -0.39 is 15.9 Å². The monoisotopic (exact) mass is 570 g/mol. The molecule has 1 aromatic heterocycles. The van der Waals surface area contributed by atoms with Gasteiger partial charge in [-0.2, -0.15) is 0 Å². The van der Waals surface area contributed by atoms with Crippen LogP contribution in [0.5, 0.6) is 5.75 Å². The van der Waals surface area contributed by atoms with Gasteiger partial charge >= 0.3 is 0 Å². The molecule has 202 valence electrons. The molecule has 0 saturated carbocycles. The fourth-order valence-corrected chi connectivity index (χ4v) is 5.59. The highest BCUT2D eigenvalue weighted by Gasteiger charge is 2.19. The van der Waals surface area contributed by atoms with Crippen molar-refractivity contribution in [2.24, 2.45) is 0 Å². The second kappa shape index (κ2) is 12.2. The second-order valence-corrected chi connectivity index (χ2v) is 11.3. The molecule has 6 nitrogen and oxygen atoms in total. The maximum atomic E-state index is 13.0. The normalized spacial score (nSPS) is 11.2. The predicted molar refractivity (Wildman–Crippen MR) is 156 cm³/mol. The molecule has 40 heavy (non-hydrogen) atoms. The summed E-state index contributed by atoms with van der Waals surface area (Å²) in [5, 5.41) is 0.632. The van der Waals surface area contributed by atoms with E-state index in [-0.39, 0.29) is 10.5 Å². The molecule has 8 heteroatoms. The van der Waals surface area contributed by atoms with Crippen LogP contribution in [0.4, 0.5) is 0 Å². The summed E-state index contributed by atoms with van der Waals surface area (Å²) in [4.78, 5) is 12.5. The van der Waals surface area contributed by atoms with E-state index in [9.17, 15) is 13.2 Å². The Morgan fingerprint density at radius 2 is 1.55 bits per heavy atom. The standard InChI is InChI=1S/C32H27ClN2O4S/c33-27-17-19-31(39-23-24-9-3-1-4-10-24)26(21-27)16-18-28-14-8-20-35(28)29-13-7-15-30(22-29)40(37,38)34-32(36)25-11-5-2-6-12-25/h1-15,17,19-22H,16,18,23H2,(H,34,36). The molecule has 0 radical (unpaired) electrons. The number of amides is 1. The number of halogens is 1. The largest absolute Gasteiger partial charge is 0.489 e. The van der Waals surface area contributed by atoms with E-state index in [0.29, 0.717) is 30.2 Å². The lowest BCUT2D eigenvalue weighted by Crippen LogP contribution is -2.30. The zero-order valence-corrected chi connectivity index (χ0v) is 23.1. The highest BCUT2D eigenvalue weighted by atomic mass is 35.5. The van der Waals surface area contributed by atoms with Gasteiger partial charge in [0.15, 0.2) is 0 Å². The summed E-state index contributed by atoms with van der Waals surface area (Å²) in [5.74, 6) is 0.0908. The Balaban J connectivity index is 1.32. The Morgan fingerprint density at radius 1 is 0.800 bits per heavy atom. The minimum Gasteiger partial charge on any atom is -0.489 e. The van der Waals surface area contributed by atoms with E-state index >= 15 is 0 Å². The maximum Gasteiger partial charge on any atom is 0.264 e. The van der Waals surface area contributed by atoms with Gasteiger partial charge in [0.1, 0.15) is 12.4 Å². The average molecular weight is 571 g/mol. The molecule has 0 atom stereocenters. The van der Waals surface area contributed by atoms with Crippen molar-refractivity contribution >= 4 is 27.5 Å². The first-order valence-corrected chi connectivity index (χ1v) is 14.6. The number of aryl methyl sites for hydroxylation is 2. The van der Waals surface area contributed by atoms with Crippen molar-refractivity contribution in [3.8, 4) is 11.4 Å². The van der Waals surface area contributed by atoms with E-state index in [1.165, 1.54) is 6.07 Å². The number of carbonyl (C=O) groups is 1. The van der Waals surface area contributed by atoms with Crippen LogP contribution in [0.3, 0.4) is 0 Å². The SMILES string of the molecule is O=C(NS(=O)(=O)c1cccc(-n2cccc2CCc2cc(Cl)ccc2OCc2ccccc2)c1)c1ccccc1. The minimum atomic E-state index is -4.07. The lowest BCUT2D eigenvalue weighted by molar-refractivity contribution is 0.0981. The number of nitrogens with zero attached hydrogens (tertiary/aromatic N) is 1. The molecule has 4 aromatic carbocycles. The fourth-order valence-electron chi connectivity index (χ4n) is 4.38. The first-order chi connectivity index (χ1) is 19.4. The number of hydrogen-bond acceptors (Lipinski definition) is 4. The third kappa shape index (κ3) is 6.62. The van der Waals surface area contributed by atoms with Gasteiger partial charge in [-0.1, -0.05) is 66.2 Å². The van der Waals surface area contributed by atoms with Gasteiger partial charge in [-0.25, -0.2) is 13.1 Å². The lowest BCUT2D eigenvalue weighted by Gasteiger charge is -2.14. The van der Waals surface area contributed by atoms with Gasteiger partial charge < -0.3 is 9.30 Å². The maximum absolute atomic E-state index is 13.0. The van der Waals surface area contributed by atoms with Crippen molar-refractivity contribution in [1.82, 2.24) is 9.29 Å². The van der Waals surface area contributed by atoms with Crippen LogP contribution in [0, 0.1) is 0 Å². The van der Waals surface area contributed by atoms with E-state index in [4.69, 9.17) is 16.3 Å². The van der Waals surface area contributed by atoms with Crippen LogP contribution in [0.25, 0.3) is 5.69 Å². The van der Waals surface area contributed by atoms with Gasteiger partial charge in [0.25, 0.3) is 15.9 Å². The van der Waals surface area contributed by atoms with Crippen LogP contribution in [-0.4, -0.2) is 18.9 Å². The first kappa shape index (κ1) is 27.2. The van der Waals surface area contributed by atoms with Crippen molar-refractivity contribution < 1.29 is 17.9 Å². The Morgan fingerprint density at radius 3 is 2.33 bits per heavy atom. The Labute approximate surface area is 238 Å². The van der Waals surface area contributed by atoms with Crippen LogP contribution >= 0.6 is 11.6 Å². The van der Waals surface area contributed by atoms with Crippen LogP contribution in [0.1, 0.15) is 27.2 Å². The van der Waals surface area contributed by atoms with Crippen LogP contribution in [0.2, 0.25) is 5.02 Å². The van der Waals surface area contributed by atoms with Crippen molar-refractivity contribution in [2.45, 2.75) is 24.3 Å². The fraction of sp³-hybridized carbons (Fsp3) is 0.0938. The van der Waals surface area contributed by atoms with Gasteiger partial charge in [0, 0.05) is 28.2 Å². The number of carbonyl (C=O) groups excluding carboxylic acids is 1. The summed E-state index contributed by atoms with van der Waals surface area (Å²) >= 11 is 6.31. The zero-order valence-electron chi connectivity index (χ0n) is 21.5. The zero-order chi connectivity index (χ0) is 28.0. The number of sulfonamides is 1. The van der Waals surface area contributed by atoms with E-state index in [1.807, 2.05) is 77.5 Å². The summed E-state index contributed by atoms with van der Waals surface area (Å²) in [6.07, 6.45) is 3.21. The summed E-state index contributed by atoms with van der Waals surface area (Å²) in [6, 6.07) is 34.2. The third-order valence-electron chi connectivity index (χ3n) is 6.41. The van der Waals surface area contributed by atoms with Crippen LogP contribution < -0.4 is 9.46 Å². The van der Waals surface area contributed by atoms with Crippen molar-refractivity contribution in [2.75, 3.05) is 0 Å². The highest BCUT2D eigenvalue weighted by Crippen LogP contribution is 2.26. The molecule has 0 spiro atoms. The number of hydrogen-bond donors (Lipinski definition) is 1. The third-order valence-corrected chi connectivity index (χ3v) is 7.98. The second-order valence-electron chi connectivity index (χ2n) is 9.19. The molecule has 5 aromatic rings. The molecular weight excluding hydrogens is 544 g/mol. The summed E-state index contributed by atoms with van der Waals surface area (Å²) < 4.78 is 36.2. The number of aromatic nitrogens is 1. The molecule has 0 unspecified atom stereocenters. The van der Waals surface area contributed by atoms with E-state index in [2.05, 4.69) is 4.72 Å². The van der Waals surface area contributed by atoms with E-state index in [0.717, 1.165) is 22.6 Å². The molecule has 0 saturated heterocycles. The molecule has 0 aliphatic rings. The smallest absolute Gasteiger partial charge is 0.264 e. The van der Waals surface area contributed by atoms with Crippen LogP contribution in [-0.2, 0) is 29.5 Å². The molecule has 1 N–H and O–H groups in total. The summed E-state index contributed by atoms with van der Waals surface area (Å²) in [6.45, 7) is 0.452. The minimum absolute atomic E-state index is 0.000343.